The first-order chi connectivity index (χ1) is 13.7. The smallest absolute Gasteiger partial charge is 0.191 e. The Morgan fingerprint density at radius 1 is 1.11 bits per heavy atom. The van der Waals surface area contributed by atoms with E-state index in [4.69, 9.17) is 4.74 Å². The molecule has 3 aromatic rings. The van der Waals surface area contributed by atoms with E-state index in [-0.39, 0.29) is 5.82 Å². The van der Waals surface area contributed by atoms with Crippen molar-refractivity contribution in [2.24, 2.45) is 7.05 Å². The van der Waals surface area contributed by atoms with Gasteiger partial charge in [0.1, 0.15) is 5.82 Å². The summed E-state index contributed by atoms with van der Waals surface area (Å²) in [6.45, 7) is 5.09. The summed E-state index contributed by atoms with van der Waals surface area (Å²) in [6.07, 6.45) is 3.87. The molecule has 4 rings (SSSR count). The van der Waals surface area contributed by atoms with Gasteiger partial charge in [0.05, 0.1) is 19.4 Å². The van der Waals surface area contributed by atoms with Crippen LogP contribution in [0.2, 0.25) is 0 Å². The third-order valence-corrected chi connectivity index (χ3v) is 5.73. The summed E-state index contributed by atoms with van der Waals surface area (Å²) in [5, 5.41) is 13.9. The minimum absolute atomic E-state index is 0.255. The summed E-state index contributed by atoms with van der Waals surface area (Å²) in [4.78, 5) is 2.38. The van der Waals surface area contributed by atoms with Crippen LogP contribution in [0.15, 0.2) is 41.8 Å². The number of halogens is 1. The van der Waals surface area contributed by atoms with Crippen LogP contribution in [0.25, 0.3) is 11.4 Å². The summed E-state index contributed by atoms with van der Waals surface area (Å²) < 4.78 is 22.7. The first-order valence-electron chi connectivity index (χ1n) is 9.28. The Kier molecular flexibility index (Phi) is 6.04. The number of nitrogens with zero attached hydrogens (tertiary/aromatic N) is 6. The van der Waals surface area contributed by atoms with Gasteiger partial charge in [-0.25, -0.2) is 4.39 Å². The number of hydrogen-bond donors (Lipinski definition) is 0. The molecule has 0 spiro atoms. The Balaban J connectivity index is 1.54. The Labute approximate surface area is 167 Å². The monoisotopic (exact) mass is 402 g/mol. The van der Waals surface area contributed by atoms with Gasteiger partial charge in [0, 0.05) is 56.3 Å². The molecular formula is C19H23FN6OS. The minimum atomic E-state index is -0.255. The molecule has 0 unspecified atom stereocenters. The van der Waals surface area contributed by atoms with Crippen LogP contribution in [0.4, 0.5) is 4.39 Å². The fraction of sp³-hybridized carbons (Fsp3) is 0.421. The molecule has 0 atom stereocenters. The van der Waals surface area contributed by atoms with Crippen molar-refractivity contribution in [2.75, 3.05) is 32.8 Å². The molecule has 0 bridgehead atoms. The summed E-state index contributed by atoms with van der Waals surface area (Å²) in [5.41, 5.74) is 2.00. The summed E-state index contributed by atoms with van der Waals surface area (Å²) >= 11 is 1.64. The van der Waals surface area contributed by atoms with E-state index in [0.29, 0.717) is 0 Å². The summed E-state index contributed by atoms with van der Waals surface area (Å²) in [6, 6.07) is 6.41. The van der Waals surface area contributed by atoms with Gasteiger partial charge in [-0.1, -0.05) is 11.8 Å². The predicted molar refractivity (Wildman–Crippen MR) is 105 cm³/mol. The van der Waals surface area contributed by atoms with Crippen molar-refractivity contribution in [3.63, 3.8) is 0 Å². The van der Waals surface area contributed by atoms with E-state index < -0.39 is 0 Å². The van der Waals surface area contributed by atoms with E-state index >= 15 is 0 Å². The molecule has 0 radical (unpaired) electrons. The molecule has 1 aliphatic heterocycles. The van der Waals surface area contributed by atoms with Crippen LogP contribution in [-0.2, 0) is 24.1 Å². The largest absolute Gasteiger partial charge is 0.379 e. The molecule has 0 amide bonds. The van der Waals surface area contributed by atoms with Crippen LogP contribution in [0.5, 0.6) is 0 Å². The maximum absolute atomic E-state index is 13.3. The molecule has 0 N–H and O–H groups in total. The second kappa shape index (κ2) is 8.85. The number of rotatable bonds is 7. The van der Waals surface area contributed by atoms with E-state index in [1.807, 2.05) is 19.4 Å². The van der Waals surface area contributed by atoms with Crippen LogP contribution >= 0.6 is 11.8 Å². The van der Waals surface area contributed by atoms with Crippen LogP contribution in [0.1, 0.15) is 5.56 Å². The normalized spacial score (nSPS) is 15.2. The highest BCUT2D eigenvalue weighted by Crippen LogP contribution is 2.26. The zero-order chi connectivity index (χ0) is 19.3. The van der Waals surface area contributed by atoms with Crippen LogP contribution < -0.4 is 0 Å². The van der Waals surface area contributed by atoms with E-state index in [1.54, 1.807) is 28.6 Å². The lowest BCUT2D eigenvalue weighted by molar-refractivity contribution is 0.0361. The second-order valence-corrected chi connectivity index (χ2v) is 7.67. The maximum Gasteiger partial charge on any atom is 0.191 e. The first-order valence-corrected chi connectivity index (χ1v) is 10.3. The Bertz CT molecular complexity index is 904. The molecule has 0 aliphatic carbocycles. The van der Waals surface area contributed by atoms with Crippen molar-refractivity contribution in [1.29, 1.82) is 0 Å². The van der Waals surface area contributed by atoms with E-state index in [1.165, 1.54) is 12.1 Å². The molecule has 1 aliphatic rings. The van der Waals surface area contributed by atoms with Gasteiger partial charge in [0.25, 0.3) is 0 Å². The van der Waals surface area contributed by atoms with E-state index in [0.717, 1.165) is 67.3 Å². The van der Waals surface area contributed by atoms with Crippen LogP contribution in [-0.4, -0.2) is 62.3 Å². The second-order valence-electron chi connectivity index (χ2n) is 6.73. The number of morpholine rings is 1. The molecule has 0 saturated carbocycles. The lowest BCUT2D eigenvalue weighted by Gasteiger charge is -2.27. The summed E-state index contributed by atoms with van der Waals surface area (Å²) in [7, 11) is 1.91. The van der Waals surface area contributed by atoms with Gasteiger partial charge in [0.15, 0.2) is 11.0 Å². The van der Waals surface area contributed by atoms with Gasteiger partial charge in [0.2, 0.25) is 0 Å². The molecule has 1 fully saturated rings. The van der Waals surface area contributed by atoms with Crippen molar-refractivity contribution in [3.8, 4) is 11.4 Å². The van der Waals surface area contributed by atoms with Gasteiger partial charge < -0.3 is 9.30 Å². The lowest BCUT2D eigenvalue weighted by atomic mass is 10.2. The number of benzene rings is 1. The summed E-state index contributed by atoms with van der Waals surface area (Å²) in [5.74, 6) is 1.28. The van der Waals surface area contributed by atoms with Crippen LogP contribution in [0, 0.1) is 5.82 Å². The molecular weight excluding hydrogens is 379 g/mol. The number of aromatic nitrogens is 5. The molecule has 9 heteroatoms. The van der Waals surface area contributed by atoms with Crippen molar-refractivity contribution in [2.45, 2.75) is 17.5 Å². The third kappa shape index (κ3) is 4.60. The van der Waals surface area contributed by atoms with Gasteiger partial charge in [-0.05, 0) is 24.3 Å². The molecule has 1 saturated heterocycles. The van der Waals surface area contributed by atoms with E-state index in [9.17, 15) is 4.39 Å². The molecule has 7 nitrogen and oxygen atoms in total. The number of aryl methyl sites for hydroxylation is 1. The van der Waals surface area contributed by atoms with Gasteiger partial charge >= 0.3 is 0 Å². The zero-order valence-electron chi connectivity index (χ0n) is 15.8. The zero-order valence-corrected chi connectivity index (χ0v) is 16.6. The van der Waals surface area contributed by atoms with Crippen molar-refractivity contribution >= 4 is 11.8 Å². The highest BCUT2D eigenvalue weighted by molar-refractivity contribution is 7.98. The number of hydrogen-bond acceptors (Lipinski definition) is 6. The fourth-order valence-corrected chi connectivity index (χ4v) is 4.05. The quantitative estimate of drug-likeness (QED) is 0.566. The van der Waals surface area contributed by atoms with Crippen molar-refractivity contribution in [1.82, 2.24) is 29.4 Å². The first kappa shape index (κ1) is 19.1. The topological polar surface area (TPSA) is 61.0 Å². The molecule has 3 heterocycles. The van der Waals surface area contributed by atoms with E-state index in [2.05, 4.69) is 24.8 Å². The average Bonchev–Trinajstić information content (AvgIpc) is 3.32. The lowest BCUT2D eigenvalue weighted by Crippen LogP contribution is -2.38. The molecule has 2 aromatic heterocycles. The fourth-order valence-electron chi connectivity index (χ4n) is 3.17. The Morgan fingerprint density at radius 3 is 2.61 bits per heavy atom. The molecule has 1 aromatic carbocycles. The highest BCUT2D eigenvalue weighted by Gasteiger charge is 2.17. The average molecular weight is 402 g/mol. The maximum atomic E-state index is 13.3. The SMILES string of the molecule is Cn1cc(CSc2nnc(-c3ccc(F)cc3)n2CCN2CCOCC2)cn1. The Hall–Kier alpha value is -2.23. The van der Waals surface area contributed by atoms with Gasteiger partial charge in [-0.3, -0.25) is 9.58 Å². The van der Waals surface area contributed by atoms with Crippen molar-refractivity contribution < 1.29 is 9.13 Å². The molecule has 148 valence electrons. The third-order valence-electron chi connectivity index (χ3n) is 4.69. The Morgan fingerprint density at radius 2 is 1.89 bits per heavy atom. The highest BCUT2D eigenvalue weighted by atomic mass is 32.2. The molecule has 28 heavy (non-hydrogen) atoms. The number of ether oxygens (including phenoxy) is 1. The van der Waals surface area contributed by atoms with Crippen molar-refractivity contribution in [3.05, 3.63) is 48.0 Å². The minimum Gasteiger partial charge on any atom is -0.379 e. The van der Waals surface area contributed by atoms with Gasteiger partial charge in [-0.2, -0.15) is 5.10 Å². The standard InChI is InChI=1S/C19H23FN6OS/c1-24-13-15(12-21-24)14-28-19-23-22-18(16-2-4-17(20)5-3-16)26(19)7-6-25-8-10-27-11-9-25/h2-5,12-13H,6-11,14H2,1H3. The predicted octanol–water partition coefficient (Wildman–Crippen LogP) is 2.44. The van der Waals surface area contributed by atoms with Crippen LogP contribution in [0.3, 0.4) is 0 Å². The number of thioether (sulfide) groups is 1. The van der Waals surface area contributed by atoms with Gasteiger partial charge in [-0.15, -0.1) is 10.2 Å².